The number of nitrogens with zero attached hydrogens (tertiary/aromatic N) is 2. The first-order valence-corrected chi connectivity index (χ1v) is 9.80. The van der Waals surface area contributed by atoms with Crippen molar-refractivity contribution in [2.24, 2.45) is 0 Å². The lowest BCUT2D eigenvalue weighted by atomic mass is 9.94. The van der Waals surface area contributed by atoms with Crippen molar-refractivity contribution in [1.82, 2.24) is 9.97 Å². The molecule has 1 N–H and O–H groups in total. The number of carbonyl (C=O) groups excluding carboxylic acids is 1. The normalized spacial score (nSPS) is 11.2. The number of oxazole rings is 1. The zero-order valence-corrected chi connectivity index (χ0v) is 17.8. The molecule has 0 aliphatic carbocycles. The van der Waals surface area contributed by atoms with Gasteiger partial charge in [0.1, 0.15) is 12.4 Å². The number of aromatic nitrogens is 2. The van der Waals surface area contributed by atoms with Crippen molar-refractivity contribution < 1.29 is 18.7 Å². The van der Waals surface area contributed by atoms with Crippen LogP contribution in [-0.4, -0.2) is 23.0 Å². The van der Waals surface area contributed by atoms with Crippen molar-refractivity contribution in [2.45, 2.75) is 45.6 Å². The number of benzene rings is 1. The van der Waals surface area contributed by atoms with Crippen molar-refractivity contribution in [2.75, 3.05) is 12.4 Å². The molecule has 0 saturated heterocycles. The molecule has 1 aromatic carbocycles. The second-order valence-electron chi connectivity index (χ2n) is 7.93. The van der Waals surface area contributed by atoms with E-state index in [2.05, 4.69) is 36.1 Å². The molecule has 0 bridgehead atoms. The summed E-state index contributed by atoms with van der Waals surface area (Å²) in [6.07, 6.45) is 5.88. The highest BCUT2D eigenvalue weighted by molar-refractivity contribution is 5.91. The highest BCUT2D eigenvalue weighted by Crippen LogP contribution is 2.31. The number of carbonyl (C=O) groups is 1. The number of ether oxygens (including phenoxy) is 2. The third-order valence-electron chi connectivity index (χ3n) is 4.42. The predicted molar refractivity (Wildman–Crippen MR) is 114 cm³/mol. The molecule has 2 heterocycles. The molecule has 0 aliphatic heterocycles. The number of hydrogen-bond acceptors (Lipinski definition) is 6. The van der Waals surface area contributed by atoms with Gasteiger partial charge in [0, 0.05) is 48.0 Å². The Kier molecular flexibility index (Phi) is 6.72. The Bertz CT molecular complexity index is 978. The summed E-state index contributed by atoms with van der Waals surface area (Å²) in [5.41, 5.74) is 1.46. The average molecular weight is 409 g/mol. The van der Waals surface area contributed by atoms with E-state index in [1.54, 1.807) is 43.9 Å². The summed E-state index contributed by atoms with van der Waals surface area (Å²) in [6, 6.07) is 9.06. The summed E-state index contributed by atoms with van der Waals surface area (Å²) in [5.74, 6) is 2.37. The van der Waals surface area contributed by atoms with Gasteiger partial charge in [0.25, 0.3) is 0 Å². The molecule has 0 spiro atoms. The Hall–Kier alpha value is -3.35. The minimum Gasteiger partial charge on any atom is -0.493 e. The van der Waals surface area contributed by atoms with E-state index in [1.165, 1.54) is 0 Å². The first-order valence-electron chi connectivity index (χ1n) is 9.80. The highest BCUT2D eigenvalue weighted by Gasteiger charge is 2.19. The van der Waals surface area contributed by atoms with Crippen LogP contribution < -0.4 is 14.8 Å². The second kappa shape index (κ2) is 9.43. The van der Waals surface area contributed by atoms with Gasteiger partial charge in [-0.3, -0.25) is 9.78 Å². The average Bonchev–Trinajstić information content (AvgIpc) is 3.21. The number of anilines is 1. The number of rotatable bonds is 8. The zero-order chi connectivity index (χ0) is 21.6. The first kappa shape index (κ1) is 21.4. The molecule has 0 radical (unpaired) electrons. The number of aryl methyl sites for hydroxylation is 1. The largest absolute Gasteiger partial charge is 0.493 e. The van der Waals surface area contributed by atoms with Crippen LogP contribution in [0.3, 0.4) is 0 Å². The van der Waals surface area contributed by atoms with Crippen LogP contribution in [0.25, 0.3) is 0 Å². The summed E-state index contributed by atoms with van der Waals surface area (Å²) >= 11 is 0. The summed E-state index contributed by atoms with van der Waals surface area (Å²) in [4.78, 5) is 20.7. The van der Waals surface area contributed by atoms with Crippen LogP contribution in [0.1, 0.15) is 44.4 Å². The van der Waals surface area contributed by atoms with Gasteiger partial charge in [0.2, 0.25) is 5.91 Å². The van der Waals surface area contributed by atoms with Gasteiger partial charge in [-0.15, -0.1) is 0 Å². The zero-order valence-electron chi connectivity index (χ0n) is 17.8. The van der Waals surface area contributed by atoms with Crippen molar-refractivity contribution >= 4 is 11.6 Å². The first-order chi connectivity index (χ1) is 14.3. The van der Waals surface area contributed by atoms with Crippen molar-refractivity contribution in [3.63, 3.8) is 0 Å². The minimum atomic E-state index is -0.131. The molecule has 1 amide bonds. The Balaban J connectivity index is 1.58. The SMILES string of the molecule is COc1ccc(NC(=O)CCc2ncc(C(C)(C)C)o2)cc1OCc1cccnc1. The van der Waals surface area contributed by atoms with Gasteiger partial charge in [-0.1, -0.05) is 26.8 Å². The monoisotopic (exact) mass is 409 g/mol. The number of hydrogen-bond donors (Lipinski definition) is 1. The third-order valence-corrected chi connectivity index (χ3v) is 4.42. The van der Waals surface area contributed by atoms with Gasteiger partial charge >= 0.3 is 0 Å². The predicted octanol–water partition coefficient (Wildman–Crippen LogP) is 4.53. The Morgan fingerprint density at radius 3 is 2.67 bits per heavy atom. The smallest absolute Gasteiger partial charge is 0.224 e. The van der Waals surface area contributed by atoms with Crippen LogP contribution in [0.5, 0.6) is 11.5 Å². The van der Waals surface area contributed by atoms with Crippen molar-refractivity contribution in [3.8, 4) is 11.5 Å². The van der Waals surface area contributed by atoms with Crippen LogP contribution >= 0.6 is 0 Å². The fourth-order valence-electron chi connectivity index (χ4n) is 2.73. The fourth-order valence-corrected chi connectivity index (χ4v) is 2.73. The molecule has 0 atom stereocenters. The maximum atomic E-state index is 12.4. The van der Waals surface area contributed by atoms with Crippen LogP contribution in [0, 0.1) is 0 Å². The van der Waals surface area contributed by atoms with E-state index < -0.39 is 0 Å². The van der Waals surface area contributed by atoms with Crippen LogP contribution in [0.15, 0.2) is 53.3 Å². The third kappa shape index (κ3) is 5.83. The van der Waals surface area contributed by atoms with Crippen LogP contribution in [0.2, 0.25) is 0 Å². The van der Waals surface area contributed by atoms with Gasteiger partial charge < -0.3 is 19.2 Å². The van der Waals surface area contributed by atoms with Gasteiger partial charge in [0.15, 0.2) is 17.4 Å². The van der Waals surface area contributed by atoms with Gasteiger partial charge in [-0.2, -0.15) is 0 Å². The highest BCUT2D eigenvalue weighted by atomic mass is 16.5. The molecule has 0 saturated carbocycles. The summed E-state index contributed by atoms with van der Waals surface area (Å²) in [7, 11) is 1.58. The number of pyridine rings is 1. The van der Waals surface area contributed by atoms with Crippen molar-refractivity contribution in [3.05, 3.63) is 66.1 Å². The fraction of sp³-hybridized carbons (Fsp3) is 0.348. The molecule has 3 rings (SSSR count). The van der Waals surface area contributed by atoms with Crippen LogP contribution in [-0.2, 0) is 23.2 Å². The van der Waals surface area contributed by atoms with Crippen molar-refractivity contribution in [1.29, 1.82) is 0 Å². The van der Waals surface area contributed by atoms with Gasteiger partial charge in [0.05, 0.1) is 13.3 Å². The van der Waals surface area contributed by atoms with E-state index >= 15 is 0 Å². The lowest BCUT2D eigenvalue weighted by Gasteiger charge is -2.13. The topological polar surface area (TPSA) is 86.5 Å². The van der Waals surface area contributed by atoms with E-state index in [0.29, 0.717) is 36.1 Å². The molecule has 7 nitrogen and oxygen atoms in total. The lowest BCUT2D eigenvalue weighted by molar-refractivity contribution is -0.116. The maximum absolute atomic E-state index is 12.4. The van der Waals surface area contributed by atoms with Gasteiger partial charge in [-0.25, -0.2) is 4.98 Å². The molecule has 2 aromatic heterocycles. The quantitative estimate of drug-likeness (QED) is 0.588. The molecular formula is C23H27N3O4. The number of amides is 1. The maximum Gasteiger partial charge on any atom is 0.224 e. The van der Waals surface area contributed by atoms with E-state index in [9.17, 15) is 4.79 Å². The van der Waals surface area contributed by atoms with E-state index in [1.807, 2.05) is 12.1 Å². The summed E-state index contributed by atoms with van der Waals surface area (Å²) < 4.78 is 17.0. The molecule has 158 valence electrons. The molecule has 0 unspecified atom stereocenters. The Morgan fingerprint density at radius 1 is 1.17 bits per heavy atom. The summed E-state index contributed by atoms with van der Waals surface area (Å²) in [5, 5.41) is 2.88. The van der Waals surface area contributed by atoms with E-state index in [-0.39, 0.29) is 17.7 Å². The molecule has 7 heteroatoms. The lowest BCUT2D eigenvalue weighted by Crippen LogP contribution is -2.12. The summed E-state index contributed by atoms with van der Waals surface area (Å²) in [6.45, 7) is 6.52. The molecule has 30 heavy (non-hydrogen) atoms. The number of methoxy groups -OCH3 is 1. The van der Waals surface area contributed by atoms with E-state index in [0.717, 1.165) is 11.3 Å². The second-order valence-corrected chi connectivity index (χ2v) is 7.93. The number of nitrogens with one attached hydrogen (secondary N) is 1. The minimum absolute atomic E-state index is 0.108. The standard InChI is InChI=1S/C23H27N3O4/c1-23(2,3)20-14-25-22(30-20)10-9-21(27)26-17-7-8-18(28-4)19(12-17)29-15-16-6-5-11-24-13-16/h5-8,11-14H,9-10,15H2,1-4H3,(H,26,27). The molecule has 0 aliphatic rings. The van der Waals surface area contributed by atoms with Gasteiger partial charge in [-0.05, 0) is 18.2 Å². The molecule has 3 aromatic rings. The molecule has 0 fully saturated rings. The van der Waals surface area contributed by atoms with E-state index in [4.69, 9.17) is 13.9 Å². The Labute approximate surface area is 176 Å². The molecular weight excluding hydrogens is 382 g/mol. The Morgan fingerprint density at radius 2 is 2.00 bits per heavy atom. The van der Waals surface area contributed by atoms with Crippen LogP contribution in [0.4, 0.5) is 5.69 Å².